The van der Waals surface area contributed by atoms with Crippen LogP contribution in [-0.4, -0.2) is 55.6 Å². The van der Waals surface area contributed by atoms with Crippen molar-refractivity contribution in [2.24, 2.45) is 0 Å². The number of unbranched alkanes of at least 4 members (excludes halogenated alkanes) is 3. The van der Waals surface area contributed by atoms with Crippen molar-refractivity contribution >= 4 is 29.5 Å². The Hall–Kier alpha value is -3.81. The molecule has 206 valence electrons. The Morgan fingerprint density at radius 2 is 1.71 bits per heavy atom. The van der Waals surface area contributed by atoms with Crippen LogP contribution in [0.3, 0.4) is 0 Å². The number of methoxy groups -OCH3 is 1. The minimum Gasteiger partial charge on any atom is -0.497 e. The fourth-order valence-corrected chi connectivity index (χ4v) is 3.74. The molecule has 0 aliphatic heterocycles. The molecule has 0 heterocycles. The van der Waals surface area contributed by atoms with Crippen LogP contribution in [0.5, 0.6) is 11.5 Å². The van der Waals surface area contributed by atoms with E-state index in [1.54, 1.807) is 39.4 Å². The predicted octanol–water partition coefficient (Wildman–Crippen LogP) is 5.56. The zero-order valence-electron chi connectivity index (χ0n) is 22.7. The van der Waals surface area contributed by atoms with Gasteiger partial charge in [-0.05, 0) is 80.0 Å². The topological polar surface area (TPSA) is 105 Å². The van der Waals surface area contributed by atoms with E-state index in [9.17, 15) is 14.4 Å². The second kappa shape index (κ2) is 16.8. The minimum atomic E-state index is -0.890. The third-order valence-corrected chi connectivity index (χ3v) is 5.94. The Morgan fingerprint density at radius 3 is 2.39 bits per heavy atom. The van der Waals surface area contributed by atoms with E-state index in [1.165, 1.54) is 4.90 Å². The summed E-state index contributed by atoms with van der Waals surface area (Å²) < 4.78 is 11.1. The lowest BCUT2D eigenvalue weighted by atomic mass is 10.1. The van der Waals surface area contributed by atoms with Crippen LogP contribution in [0.4, 0.5) is 5.69 Å². The smallest absolute Gasteiger partial charge is 0.303 e. The summed E-state index contributed by atoms with van der Waals surface area (Å²) in [5, 5.41) is 12.0. The number of allylic oxidation sites excluding steroid dienone is 1. The summed E-state index contributed by atoms with van der Waals surface area (Å²) in [6.07, 6.45) is 9.50. The largest absolute Gasteiger partial charge is 0.497 e. The van der Waals surface area contributed by atoms with E-state index in [-0.39, 0.29) is 24.7 Å². The van der Waals surface area contributed by atoms with Crippen LogP contribution in [0.2, 0.25) is 0 Å². The standard InChI is InChI=1S/C30H40N2O6/c1-32(2)29(34)12-9-11-28(33)31-25-16-19-27(24(22-25)15-20-30(35)36)38-21-8-6-4-5-7-10-23-13-17-26(37-3)18-14-23/h7,10,13-14,16-19,22H,4-6,8-9,11-12,15,20-21H2,1-3H3,(H,31,33)(H,35,36). The molecule has 8 heteroatoms. The second-order valence-electron chi connectivity index (χ2n) is 9.28. The van der Waals surface area contributed by atoms with Crippen molar-refractivity contribution in [2.75, 3.05) is 33.1 Å². The lowest BCUT2D eigenvalue weighted by molar-refractivity contribution is -0.137. The van der Waals surface area contributed by atoms with Gasteiger partial charge >= 0.3 is 5.97 Å². The Kier molecular flexibility index (Phi) is 13.5. The van der Waals surface area contributed by atoms with Gasteiger partial charge in [-0.1, -0.05) is 24.3 Å². The highest BCUT2D eigenvalue weighted by Gasteiger charge is 2.11. The van der Waals surface area contributed by atoms with Crippen LogP contribution in [0.15, 0.2) is 48.5 Å². The van der Waals surface area contributed by atoms with Gasteiger partial charge in [0.25, 0.3) is 0 Å². The molecule has 2 aromatic carbocycles. The summed E-state index contributed by atoms with van der Waals surface area (Å²) in [4.78, 5) is 36.6. The number of anilines is 1. The molecule has 2 amide bonds. The lowest BCUT2D eigenvalue weighted by Crippen LogP contribution is -2.21. The number of carboxylic acid groups (broad SMARTS) is 1. The molecule has 0 saturated carbocycles. The molecule has 0 unspecified atom stereocenters. The molecule has 0 aliphatic carbocycles. The van der Waals surface area contributed by atoms with E-state index in [2.05, 4.69) is 17.5 Å². The van der Waals surface area contributed by atoms with Gasteiger partial charge < -0.3 is 24.8 Å². The number of aryl methyl sites for hydroxylation is 1. The maximum Gasteiger partial charge on any atom is 0.303 e. The first-order chi connectivity index (χ1) is 18.3. The zero-order chi connectivity index (χ0) is 27.8. The van der Waals surface area contributed by atoms with Gasteiger partial charge in [-0.2, -0.15) is 0 Å². The average Bonchev–Trinajstić information content (AvgIpc) is 2.89. The fourth-order valence-electron chi connectivity index (χ4n) is 3.74. The molecule has 0 radical (unpaired) electrons. The average molecular weight is 525 g/mol. The van der Waals surface area contributed by atoms with Gasteiger partial charge in [0.2, 0.25) is 11.8 Å². The first-order valence-corrected chi connectivity index (χ1v) is 13.1. The summed E-state index contributed by atoms with van der Waals surface area (Å²) in [7, 11) is 5.03. The zero-order valence-corrected chi connectivity index (χ0v) is 22.7. The quantitative estimate of drug-likeness (QED) is 0.263. The van der Waals surface area contributed by atoms with Crippen molar-refractivity contribution in [2.45, 2.75) is 57.8 Å². The molecule has 0 spiro atoms. The third kappa shape index (κ3) is 12.0. The Morgan fingerprint density at radius 1 is 0.947 bits per heavy atom. The van der Waals surface area contributed by atoms with Gasteiger partial charge in [-0.3, -0.25) is 14.4 Å². The van der Waals surface area contributed by atoms with Gasteiger partial charge in [0.1, 0.15) is 11.5 Å². The van der Waals surface area contributed by atoms with Gasteiger partial charge in [-0.25, -0.2) is 0 Å². The monoisotopic (exact) mass is 524 g/mol. The van der Waals surface area contributed by atoms with Crippen molar-refractivity contribution in [1.82, 2.24) is 4.90 Å². The van der Waals surface area contributed by atoms with Crippen LogP contribution < -0.4 is 14.8 Å². The van der Waals surface area contributed by atoms with Crippen LogP contribution in [-0.2, 0) is 20.8 Å². The summed E-state index contributed by atoms with van der Waals surface area (Å²) in [5.41, 5.74) is 2.47. The number of nitrogens with one attached hydrogen (secondary N) is 1. The predicted molar refractivity (Wildman–Crippen MR) is 150 cm³/mol. The highest BCUT2D eigenvalue weighted by atomic mass is 16.5. The van der Waals surface area contributed by atoms with Crippen molar-refractivity contribution in [3.8, 4) is 11.5 Å². The Bertz CT molecular complexity index is 1060. The number of carbonyl (C=O) groups is 3. The van der Waals surface area contributed by atoms with E-state index >= 15 is 0 Å². The number of nitrogens with zero attached hydrogens (tertiary/aromatic N) is 1. The van der Waals surface area contributed by atoms with Crippen molar-refractivity contribution in [1.29, 1.82) is 0 Å². The number of ether oxygens (including phenoxy) is 2. The summed E-state index contributed by atoms with van der Waals surface area (Å²) >= 11 is 0. The SMILES string of the molecule is COc1ccc(C=CCCCCCOc2ccc(NC(=O)CCCC(=O)N(C)C)cc2CCC(=O)O)cc1. The molecule has 2 rings (SSSR count). The van der Waals surface area contributed by atoms with Crippen molar-refractivity contribution in [3.63, 3.8) is 0 Å². The number of rotatable bonds is 17. The van der Waals surface area contributed by atoms with Gasteiger partial charge in [0, 0.05) is 39.0 Å². The summed E-state index contributed by atoms with van der Waals surface area (Å²) in [6, 6.07) is 13.2. The van der Waals surface area contributed by atoms with E-state index in [4.69, 9.17) is 14.6 Å². The molecule has 0 saturated heterocycles. The van der Waals surface area contributed by atoms with Crippen molar-refractivity contribution in [3.05, 3.63) is 59.7 Å². The second-order valence-corrected chi connectivity index (χ2v) is 9.28. The van der Waals surface area contributed by atoms with Gasteiger partial charge in [0.15, 0.2) is 0 Å². The minimum absolute atomic E-state index is 0.0136. The summed E-state index contributed by atoms with van der Waals surface area (Å²) in [5.74, 6) is 0.396. The number of carbonyl (C=O) groups excluding carboxylic acids is 2. The van der Waals surface area contributed by atoms with Crippen LogP contribution >= 0.6 is 0 Å². The number of benzene rings is 2. The third-order valence-electron chi connectivity index (χ3n) is 5.94. The van der Waals surface area contributed by atoms with Gasteiger partial charge in [-0.15, -0.1) is 0 Å². The number of amides is 2. The maximum absolute atomic E-state index is 12.3. The molecule has 8 nitrogen and oxygen atoms in total. The molecule has 0 aliphatic rings. The first kappa shape index (κ1) is 30.4. The molecule has 38 heavy (non-hydrogen) atoms. The molecule has 0 fully saturated rings. The normalized spacial score (nSPS) is 10.8. The lowest BCUT2D eigenvalue weighted by Gasteiger charge is -2.14. The van der Waals surface area contributed by atoms with Crippen LogP contribution in [0.1, 0.15) is 62.5 Å². The number of hydrogen-bond donors (Lipinski definition) is 2. The molecular weight excluding hydrogens is 484 g/mol. The van der Waals surface area contributed by atoms with Crippen molar-refractivity contribution < 1.29 is 29.0 Å². The molecular formula is C30H40N2O6. The highest BCUT2D eigenvalue weighted by molar-refractivity contribution is 5.91. The fraction of sp³-hybridized carbons (Fsp3) is 0.433. The van der Waals surface area contributed by atoms with Crippen LogP contribution in [0.25, 0.3) is 6.08 Å². The highest BCUT2D eigenvalue weighted by Crippen LogP contribution is 2.25. The van der Waals surface area contributed by atoms with E-state index in [1.807, 2.05) is 24.3 Å². The first-order valence-electron chi connectivity index (χ1n) is 13.1. The number of aliphatic carboxylic acids is 1. The Labute approximate surface area is 225 Å². The maximum atomic E-state index is 12.3. The molecule has 0 bridgehead atoms. The molecule has 2 N–H and O–H groups in total. The Balaban J connectivity index is 1.78. The number of carboxylic acids is 1. The van der Waals surface area contributed by atoms with E-state index in [0.29, 0.717) is 37.3 Å². The molecule has 2 aromatic rings. The number of hydrogen-bond acceptors (Lipinski definition) is 5. The van der Waals surface area contributed by atoms with E-state index < -0.39 is 5.97 Å². The van der Waals surface area contributed by atoms with E-state index in [0.717, 1.165) is 42.6 Å². The molecule has 0 atom stereocenters. The van der Waals surface area contributed by atoms with Gasteiger partial charge in [0.05, 0.1) is 13.7 Å². The summed E-state index contributed by atoms with van der Waals surface area (Å²) in [6.45, 7) is 0.536. The molecule has 0 aromatic heterocycles. The van der Waals surface area contributed by atoms with Crippen LogP contribution in [0, 0.1) is 0 Å².